The van der Waals surface area contributed by atoms with Gasteiger partial charge in [-0.25, -0.2) is 9.97 Å². The predicted octanol–water partition coefficient (Wildman–Crippen LogP) is 3.25. The molecule has 12 heteroatoms. The molecule has 0 radical (unpaired) electrons. The number of nitrogens with zero attached hydrogens (tertiary/aromatic N) is 6. The second-order valence-electron chi connectivity index (χ2n) is 9.76. The molecule has 0 aliphatic carbocycles. The van der Waals surface area contributed by atoms with Gasteiger partial charge >= 0.3 is 6.18 Å². The number of halogens is 3. The zero-order chi connectivity index (χ0) is 28.0. The van der Waals surface area contributed by atoms with Crippen LogP contribution in [0.25, 0.3) is 16.6 Å². The van der Waals surface area contributed by atoms with E-state index in [0.717, 1.165) is 23.0 Å². The number of carbonyl (C=O) groups excluding carboxylic acids is 3. The van der Waals surface area contributed by atoms with Crippen molar-refractivity contribution in [2.24, 2.45) is 0 Å². The molecule has 2 aliphatic rings. The van der Waals surface area contributed by atoms with E-state index in [1.165, 1.54) is 29.4 Å². The minimum absolute atomic E-state index is 0.0163. The third-order valence-electron chi connectivity index (χ3n) is 7.33. The van der Waals surface area contributed by atoms with Crippen molar-refractivity contribution in [1.29, 1.82) is 0 Å². The summed E-state index contributed by atoms with van der Waals surface area (Å²) >= 11 is 0. The van der Waals surface area contributed by atoms with Crippen LogP contribution in [-0.2, 0) is 11.0 Å². The number of alkyl halides is 3. The molecule has 4 aromatic rings. The second-order valence-corrected chi connectivity index (χ2v) is 9.76. The second kappa shape index (κ2) is 9.87. The molecule has 3 amide bonds. The number of benzene rings is 2. The lowest BCUT2D eigenvalue weighted by Gasteiger charge is -2.47. The summed E-state index contributed by atoms with van der Waals surface area (Å²) in [6, 6.07) is 13.6. The molecule has 2 saturated heterocycles. The zero-order valence-electron chi connectivity index (χ0n) is 21.1. The summed E-state index contributed by atoms with van der Waals surface area (Å²) in [4.78, 5) is 51.1. The van der Waals surface area contributed by atoms with Gasteiger partial charge in [0.1, 0.15) is 0 Å². The normalized spacial score (nSPS) is 16.8. The summed E-state index contributed by atoms with van der Waals surface area (Å²) in [5, 5.41) is 0.789. The molecule has 0 saturated carbocycles. The topological polar surface area (TPSA) is 91.6 Å². The Morgan fingerprint density at radius 1 is 0.900 bits per heavy atom. The monoisotopic (exact) mass is 548 g/mol. The number of likely N-dealkylation sites (tertiary alicyclic amines) is 1. The van der Waals surface area contributed by atoms with Crippen LogP contribution in [0, 0.1) is 0 Å². The summed E-state index contributed by atoms with van der Waals surface area (Å²) < 4.78 is 40.5. The van der Waals surface area contributed by atoms with Gasteiger partial charge in [-0.05, 0) is 54.6 Å². The minimum atomic E-state index is -4.40. The standard InChI is InChI=1S/C28H23F3N6O3/c29-28(30,31)20-3-5-21(6-4-20)36-11-8-18-14-19(2-7-23(18)36)26(39)35-15-22(16-35)34-12-13-37(24(38)17-34)27(40)25-32-9-1-10-33-25/h1-11,14,22H,12-13,15-17H2. The molecule has 0 N–H and O–H groups in total. The van der Waals surface area contributed by atoms with E-state index in [9.17, 15) is 27.6 Å². The van der Waals surface area contributed by atoms with Crippen LogP contribution in [0.4, 0.5) is 13.2 Å². The van der Waals surface area contributed by atoms with Gasteiger partial charge in [0.2, 0.25) is 11.7 Å². The number of amides is 3. The number of imide groups is 1. The van der Waals surface area contributed by atoms with E-state index in [0.29, 0.717) is 30.9 Å². The summed E-state index contributed by atoms with van der Waals surface area (Å²) in [6.07, 6.45) is 0.261. The molecule has 0 atom stereocenters. The van der Waals surface area contributed by atoms with Gasteiger partial charge in [0.15, 0.2) is 0 Å². The van der Waals surface area contributed by atoms with E-state index >= 15 is 0 Å². The number of hydrogen-bond donors (Lipinski definition) is 0. The van der Waals surface area contributed by atoms with Gasteiger partial charge in [-0.1, -0.05) is 0 Å². The van der Waals surface area contributed by atoms with Crippen LogP contribution in [0.3, 0.4) is 0 Å². The van der Waals surface area contributed by atoms with E-state index in [1.807, 2.05) is 11.0 Å². The molecule has 2 fully saturated rings. The summed E-state index contributed by atoms with van der Waals surface area (Å²) in [7, 11) is 0. The molecular formula is C28H23F3N6O3. The van der Waals surface area contributed by atoms with Crippen LogP contribution >= 0.6 is 0 Å². The Kier molecular flexibility index (Phi) is 6.34. The first-order valence-corrected chi connectivity index (χ1v) is 12.6. The van der Waals surface area contributed by atoms with Crippen LogP contribution in [-0.4, -0.2) is 85.7 Å². The number of aromatic nitrogens is 3. The Morgan fingerprint density at radius 2 is 1.62 bits per heavy atom. The fourth-order valence-electron chi connectivity index (χ4n) is 5.09. The van der Waals surface area contributed by atoms with Gasteiger partial charge in [-0.3, -0.25) is 24.2 Å². The van der Waals surface area contributed by atoms with Crippen molar-refractivity contribution in [2.75, 3.05) is 32.7 Å². The predicted molar refractivity (Wildman–Crippen MR) is 138 cm³/mol. The highest BCUT2D eigenvalue weighted by molar-refractivity contribution is 6.03. The van der Waals surface area contributed by atoms with Crippen molar-refractivity contribution in [3.63, 3.8) is 0 Å². The van der Waals surface area contributed by atoms with Crippen molar-refractivity contribution in [2.45, 2.75) is 12.2 Å². The minimum Gasteiger partial charge on any atom is -0.335 e. The van der Waals surface area contributed by atoms with Gasteiger partial charge in [0, 0.05) is 67.4 Å². The fraction of sp³-hybridized carbons (Fsp3) is 0.250. The molecule has 4 heterocycles. The van der Waals surface area contributed by atoms with E-state index in [-0.39, 0.29) is 36.8 Å². The summed E-state index contributed by atoms with van der Waals surface area (Å²) in [6.45, 7) is 1.74. The van der Waals surface area contributed by atoms with Crippen LogP contribution in [0.15, 0.2) is 73.2 Å². The molecule has 0 spiro atoms. The maximum absolute atomic E-state index is 13.1. The summed E-state index contributed by atoms with van der Waals surface area (Å²) in [5.74, 6) is -0.993. The Morgan fingerprint density at radius 3 is 2.30 bits per heavy atom. The fourth-order valence-corrected chi connectivity index (χ4v) is 5.09. The van der Waals surface area contributed by atoms with E-state index in [1.54, 1.807) is 39.9 Å². The first-order valence-electron chi connectivity index (χ1n) is 12.6. The van der Waals surface area contributed by atoms with E-state index < -0.39 is 17.6 Å². The average Bonchev–Trinajstić information content (AvgIpc) is 3.35. The molecule has 204 valence electrons. The van der Waals surface area contributed by atoms with Crippen molar-refractivity contribution in [3.8, 4) is 5.69 Å². The maximum atomic E-state index is 13.1. The van der Waals surface area contributed by atoms with Gasteiger partial charge in [0.05, 0.1) is 17.6 Å². The first-order chi connectivity index (χ1) is 19.2. The number of fused-ring (bicyclic) bond motifs is 1. The van der Waals surface area contributed by atoms with Crippen LogP contribution in [0.2, 0.25) is 0 Å². The lowest BCUT2D eigenvalue weighted by molar-refractivity contribution is -0.137. The largest absolute Gasteiger partial charge is 0.416 e. The number of piperazine rings is 1. The van der Waals surface area contributed by atoms with Crippen molar-refractivity contribution in [1.82, 2.24) is 29.2 Å². The molecule has 0 bridgehead atoms. The molecule has 40 heavy (non-hydrogen) atoms. The van der Waals surface area contributed by atoms with Crippen molar-refractivity contribution in [3.05, 3.63) is 90.1 Å². The Bertz CT molecular complexity index is 1600. The van der Waals surface area contributed by atoms with Gasteiger partial charge < -0.3 is 9.47 Å². The molecule has 9 nitrogen and oxygen atoms in total. The van der Waals surface area contributed by atoms with E-state index in [4.69, 9.17) is 0 Å². The average molecular weight is 549 g/mol. The Hall–Kier alpha value is -4.58. The Labute approximate surface area is 226 Å². The van der Waals surface area contributed by atoms with Crippen LogP contribution in [0.1, 0.15) is 26.5 Å². The maximum Gasteiger partial charge on any atom is 0.416 e. The molecule has 6 rings (SSSR count). The van der Waals surface area contributed by atoms with Gasteiger partial charge in [0.25, 0.3) is 11.8 Å². The molecule has 0 unspecified atom stereocenters. The molecule has 2 aromatic carbocycles. The lowest BCUT2D eigenvalue weighted by Crippen LogP contribution is -2.65. The highest BCUT2D eigenvalue weighted by Crippen LogP contribution is 2.31. The number of rotatable bonds is 4. The van der Waals surface area contributed by atoms with Crippen LogP contribution < -0.4 is 0 Å². The van der Waals surface area contributed by atoms with Gasteiger partial charge in [-0.15, -0.1) is 0 Å². The van der Waals surface area contributed by atoms with Gasteiger partial charge in [-0.2, -0.15) is 13.2 Å². The first kappa shape index (κ1) is 25.7. The van der Waals surface area contributed by atoms with Crippen molar-refractivity contribution < 1.29 is 27.6 Å². The van der Waals surface area contributed by atoms with Crippen molar-refractivity contribution >= 4 is 28.6 Å². The number of hydrogen-bond acceptors (Lipinski definition) is 6. The van der Waals surface area contributed by atoms with Crippen LogP contribution in [0.5, 0.6) is 0 Å². The zero-order valence-corrected chi connectivity index (χ0v) is 21.1. The smallest absolute Gasteiger partial charge is 0.335 e. The Balaban J connectivity index is 1.07. The molecule has 2 aromatic heterocycles. The highest BCUT2D eigenvalue weighted by Gasteiger charge is 2.40. The molecule has 2 aliphatic heterocycles. The lowest BCUT2D eigenvalue weighted by atomic mass is 10.0. The third kappa shape index (κ3) is 4.70. The highest BCUT2D eigenvalue weighted by atomic mass is 19.4. The number of carbonyl (C=O) groups is 3. The molecular weight excluding hydrogens is 525 g/mol. The SMILES string of the molecule is O=C(c1ccc2c(ccn2-c2ccc(C(F)(F)F)cc2)c1)N1CC(N2CCN(C(=O)c3ncccn3)C(=O)C2)C1. The van der Waals surface area contributed by atoms with E-state index in [2.05, 4.69) is 9.97 Å². The quantitative estimate of drug-likeness (QED) is 0.364. The third-order valence-corrected chi connectivity index (χ3v) is 7.33. The summed E-state index contributed by atoms with van der Waals surface area (Å²) in [5.41, 5.74) is 1.14.